The molecule has 0 spiro atoms. The Morgan fingerprint density at radius 2 is 1.39 bits per heavy atom. The molecule has 4 aromatic carbocycles. The van der Waals surface area contributed by atoms with Crippen LogP contribution in [0.2, 0.25) is 0 Å². The van der Waals surface area contributed by atoms with Crippen LogP contribution in [0, 0.1) is 5.82 Å². The second kappa shape index (κ2) is 5.84. The highest BCUT2D eigenvalue weighted by Gasteiger charge is 2.25. The van der Waals surface area contributed by atoms with E-state index in [4.69, 9.17) is 4.98 Å². The molecule has 0 bridgehead atoms. The Hall–Kier alpha value is -4.51. The normalized spacial score (nSPS) is 12.4. The standard InChI is InChI=1S/C28H15FN4/c29-19-15-30-28(31-26(19)16-7-2-1-3-8-16)33-22-12-6-11-21-24(22)25-23(33)14-13-18-17-9-4-5-10-20(17)32(21)27(18)25/h1-15H. The molecule has 0 radical (unpaired) electrons. The molecule has 0 saturated heterocycles. The summed E-state index contributed by atoms with van der Waals surface area (Å²) in [6.07, 6.45) is 1.27. The molecule has 0 unspecified atom stereocenters. The molecule has 4 heterocycles. The number of hydrogen-bond acceptors (Lipinski definition) is 2. The van der Waals surface area contributed by atoms with Gasteiger partial charge in [-0.2, -0.15) is 0 Å². The minimum Gasteiger partial charge on any atom is -0.308 e. The van der Waals surface area contributed by atoms with Crippen molar-refractivity contribution < 1.29 is 4.39 Å². The molecule has 4 nitrogen and oxygen atoms in total. The van der Waals surface area contributed by atoms with Crippen molar-refractivity contribution in [2.45, 2.75) is 0 Å². The molecule has 5 heteroatoms. The lowest BCUT2D eigenvalue weighted by Gasteiger charge is -2.09. The number of fused-ring (bicyclic) bond motifs is 4. The highest BCUT2D eigenvalue weighted by Crippen LogP contribution is 2.45. The van der Waals surface area contributed by atoms with Crippen molar-refractivity contribution in [3.8, 4) is 17.2 Å². The first kappa shape index (κ1) is 17.1. The predicted octanol–water partition coefficient (Wildman–Crippen LogP) is 6.81. The maximum atomic E-state index is 14.7. The number of halogens is 1. The molecule has 0 saturated carbocycles. The van der Waals surface area contributed by atoms with E-state index in [0.29, 0.717) is 11.6 Å². The summed E-state index contributed by atoms with van der Waals surface area (Å²) in [4.78, 5) is 9.11. The largest absolute Gasteiger partial charge is 0.308 e. The van der Waals surface area contributed by atoms with Crippen molar-refractivity contribution in [2.24, 2.45) is 0 Å². The molecule has 8 rings (SSSR count). The van der Waals surface area contributed by atoms with Crippen LogP contribution < -0.4 is 0 Å². The third kappa shape index (κ3) is 2.00. The van der Waals surface area contributed by atoms with E-state index in [-0.39, 0.29) is 0 Å². The highest BCUT2D eigenvalue weighted by atomic mass is 19.1. The van der Waals surface area contributed by atoms with Crippen LogP contribution in [0.3, 0.4) is 0 Å². The lowest BCUT2D eigenvalue weighted by molar-refractivity contribution is 0.616. The van der Waals surface area contributed by atoms with Crippen LogP contribution in [0.4, 0.5) is 4.39 Å². The molecule has 0 amide bonds. The first-order chi connectivity index (χ1) is 16.3. The molecular formula is C28H15FN4. The molecule has 0 aliphatic carbocycles. The Balaban J connectivity index is 1.53. The second-order valence-electron chi connectivity index (χ2n) is 8.45. The maximum Gasteiger partial charge on any atom is 0.235 e. The molecule has 0 atom stereocenters. The molecule has 0 fully saturated rings. The van der Waals surface area contributed by atoms with E-state index in [0.717, 1.165) is 22.1 Å². The van der Waals surface area contributed by atoms with Gasteiger partial charge in [-0.15, -0.1) is 0 Å². The molecule has 33 heavy (non-hydrogen) atoms. The fourth-order valence-corrected chi connectivity index (χ4v) is 5.50. The molecule has 0 aliphatic heterocycles. The number of aromatic nitrogens is 4. The van der Waals surface area contributed by atoms with Gasteiger partial charge in [-0.05, 0) is 24.3 Å². The summed E-state index contributed by atoms with van der Waals surface area (Å²) in [5, 5.41) is 4.86. The lowest BCUT2D eigenvalue weighted by Crippen LogP contribution is -2.04. The Morgan fingerprint density at radius 1 is 0.636 bits per heavy atom. The van der Waals surface area contributed by atoms with E-state index < -0.39 is 5.82 Å². The fourth-order valence-electron chi connectivity index (χ4n) is 5.50. The monoisotopic (exact) mass is 426 g/mol. The molecule has 154 valence electrons. The molecule has 8 aromatic rings. The Bertz CT molecular complexity index is 1980. The average Bonchev–Trinajstić information content (AvgIpc) is 3.50. The van der Waals surface area contributed by atoms with E-state index in [2.05, 4.69) is 68.5 Å². The maximum absolute atomic E-state index is 14.7. The van der Waals surface area contributed by atoms with E-state index >= 15 is 0 Å². The fraction of sp³-hybridized carbons (Fsp3) is 0. The van der Waals surface area contributed by atoms with Gasteiger partial charge in [0.05, 0.1) is 33.8 Å². The zero-order valence-electron chi connectivity index (χ0n) is 17.3. The van der Waals surface area contributed by atoms with Crippen LogP contribution >= 0.6 is 0 Å². The van der Waals surface area contributed by atoms with Crippen LogP contribution in [0.15, 0.2) is 91.1 Å². The number of benzene rings is 4. The van der Waals surface area contributed by atoms with Gasteiger partial charge in [0.25, 0.3) is 0 Å². The summed E-state index contributed by atoms with van der Waals surface area (Å²) in [6, 6.07) is 28.6. The van der Waals surface area contributed by atoms with E-state index in [1.807, 2.05) is 30.3 Å². The van der Waals surface area contributed by atoms with Crippen LogP contribution in [0.25, 0.3) is 66.3 Å². The highest BCUT2D eigenvalue weighted by molar-refractivity contribution is 6.32. The van der Waals surface area contributed by atoms with Crippen molar-refractivity contribution >= 4 is 49.1 Å². The second-order valence-corrected chi connectivity index (χ2v) is 8.45. The number of hydrogen-bond donors (Lipinski definition) is 0. The van der Waals surface area contributed by atoms with Crippen LogP contribution in [0.5, 0.6) is 0 Å². The summed E-state index contributed by atoms with van der Waals surface area (Å²) >= 11 is 0. The lowest BCUT2D eigenvalue weighted by atomic mass is 10.1. The van der Waals surface area contributed by atoms with E-state index in [1.54, 1.807) is 0 Å². The molecular weight excluding hydrogens is 411 g/mol. The summed E-state index contributed by atoms with van der Waals surface area (Å²) < 4.78 is 19.1. The minimum absolute atomic E-state index is 0.305. The van der Waals surface area contributed by atoms with Crippen molar-refractivity contribution in [1.29, 1.82) is 0 Å². The van der Waals surface area contributed by atoms with Crippen LogP contribution in [-0.4, -0.2) is 18.9 Å². The van der Waals surface area contributed by atoms with E-state index in [9.17, 15) is 4.39 Å². The van der Waals surface area contributed by atoms with Gasteiger partial charge < -0.3 is 4.40 Å². The van der Waals surface area contributed by atoms with Gasteiger partial charge >= 0.3 is 0 Å². The molecule has 4 aromatic heterocycles. The summed E-state index contributed by atoms with van der Waals surface area (Å²) in [6.45, 7) is 0. The van der Waals surface area contributed by atoms with Crippen molar-refractivity contribution in [3.05, 3.63) is 96.9 Å². The zero-order chi connectivity index (χ0) is 21.7. The average molecular weight is 426 g/mol. The SMILES string of the molecule is Fc1cnc(-n2c3cccc4c3c3c2ccc2c5ccccc5n4c23)nc1-c1ccccc1. The quantitative estimate of drug-likeness (QED) is 0.304. The Kier molecular flexibility index (Phi) is 3.02. The third-order valence-electron chi connectivity index (χ3n) is 6.79. The molecule has 0 aliphatic rings. The minimum atomic E-state index is -0.430. The first-order valence-corrected chi connectivity index (χ1v) is 10.9. The van der Waals surface area contributed by atoms with Gasteiger partial charge in [0.1, 0.15) is 5.69 Å². The topological polar surface area (TPSA) is 35.1 Å². The van der Waals surface area contributed by atoms with Gasteiger partial charge in [-0.25, -0.2) is 14.4 Å². The Morgan fingerprint density at radius 3 is 2.30 bits per heavy atom. The third-order valence-corrected chi connectivity index (χ3v) is 6.79. The van der Waals surface area contributed by atoms with Gasteiger partial charge in [0, 0.05) is 27.1 Å². The van der Waals surface area contributed by atoms with Crippen LogP contribution in [0.1, 0.15) is 0 Å². The van der Waals surface area contributed by atoms with Crippen molar-refractivity contribution in [3.63, 3.8) is 0 Å². The number of rotatable bonds is 2. The van der Waals surface area contributed by atoms with Gasteiger partial charge in [-0.3, -0.25) is 4.57 Å². The van der Waals surface area contributed by atoms with Gasteiger partial charge in [0.15, 0.2) is 5.82 Å². The summed E-state index contributed by atoms with van der Waals surface area (Å²) in [7, 11) is 0. The van der Waals surface area contributed by atoms with Gasteiger partial charge in [0.2, 0.25) is 5.95 Å². The summed E-state index contributed by atoms with van der Waals surface area (Å²) in [5.74, 6) is 0.0392. The predicted molar refractivity (Wildman–Crippen MR) is 130 cm³/mol. The van der Waals surface area contributed by atoms with E-state index in [1.165, 1.54) is 38.8 Å². The molecule has 0 N–H and O–H groups in total. The van der Waals surface area contributed by atoms with Gasteiger partial charge in [-0.1, -0.05) is 60.7 Å². The van der Waals surface area contributed by atoms with Crippen molar-refractivity contribution in [1.82, 2.24) is 18.9 Å². The smallest absolute Gasteiger partial charge is 0.235 e. The van der Waals surface area contributed by atoms with Crippen LogP contribution in [-0.2, 0) is 0 Å². The zero-order valence-corrected chi connectivity index (χ0v) is 17.3. The van der Waals surface area contributed by atoms with Crippen molar-refractivity contribution in [2.75, 3.05) is 0 Å². The Labute approximate surface area is 186 Å². The number of para-hydroxylation sites is 1. The summed E-state index contributed by atoms with van der Waals surface area (Å²) in [5.41, 5.74) is 6.66. The number of nitrogens with zero attached hydrogens (tertiary/aromatic N) is 4. The first-order valence-electron chi connectivity index (χ1n) is 10.9.